The smallest absolute Gasteiger partial charge is 0.269 e. The third-order valence-corrected chi connectivity index (χ3v) is 4.56. The number of nitrogens with one attached hydrogen (secondary N) is 2. The van der Waals surface area contributed by atoms with Crippen LogP contribution >= 0.6 is 22.9 Å². The van der Waals surface area contributed by atoms with Crippen LogP contribution in [0, 0.1) is 13.8 Å². The number of carbonyl (C=O) groups is 3. The molecule has 2 amide bonds. The molecule has 1 aromatic heterocycles. The molecule has 7 heteroatoms. The normalized spacial score (nSPS) is 10.3. The van der Waals surface area contributed by atoms with Crippen molar-refractivity contribution in [2.45, 2.75) is 26.7 Å². The van der Waals surface area contributed by atoms with E-state index in [0.717, 1.165) is 9.75 Å². The number of hydrazine groups is 1. The summed E-state index contributed by atoms with van der Waals surface area (Å²) in [6.45, 7) is 3.82. The molecule has 24 heavy (non-hydrogen) atoms. The number of hydrogen-bond acceptors (Lipinski definition) is 4. The van der Waals surface area contributed by atoms with Gasteiger partial charge in [0.1, 0.15) is 0 Å². The molecule has 2 aromatic rings. The van der Waals surface area contributed by atoms with Gasteiger partial charge >= 0.3 is 0 Å². The average Bonchev–Trinajstić information content (AvgIpc) is 2.89. The molecule has 5 nitrogen and oxygen atoms in total. The van der Waals surface area contributed by atoms with E-state index in [2.05, 4.69) is 10.9 Å². The minimum Gasteiger partial charge on any atom is -0.294 e. The highest BCUT2D eigenvalue weighted by Gasteiger charge is 2.14. The number of thiophene rings is 1. The third-order valence-electron chi connectivity index (χ3n) is 3.34. The lowest BCUT2D eigenvalue weighted by Gasteiger charge is -2.07. The summed E-state index contributed by atoms with van der Waals surface area (Å²) < 4.78 is 0. The molecule has 0 bridgehead atoms. The van der Waals surface area contributed by atoms with E-state index in [1.165, 1.54) is 0 Å². The van der Waals surface area contributed by atoms with Crippen molar-refractivity contribution >= 4 is 40.5 Å². The van der Waals surface area contributed by atoms with Crippen molar-refractivity contribution < 1.29 is 14.4 Å². The van der Waals surface area contributed by atoms with E-state index in [0.29, 0.717) is 16.1 Å². The highest BCUT2D eigenvalue weighted by molar-refractivity contribution is 7.12. The van der Waals surface area contributed by atoms with Gasteiger partial charge in [0.05, 0.1) is 0 Å². The Balaban J connectivity index is 1.79. The van der Waals surface area contributed by atoms with Crippen molar-refractivity contribution in [2.24, 2.45) is 0 Å². The molecule has 0 aliphatic rings. The van der Waals surface area contributed by atoms with Gasteiger partial charge in [-0.05, 0) is 44.2 Å². The molecule has 0 spiro atoms. The van der Waals surface area contributed by atoms with Crippen LogP contribution in [0.5, 0.6) is 0 Å². The van der Waals surface area contributed by atoms with Gasteiger partial charge in [0, 0.05) is 38.7 Å². The first-order chi connectivity index (χ1) is 11.4. The van der Waals surface area contributed by atoms with Crippen LogP contribution in [0.3, 0.4) is 0 Å². The van der Waals surface area contributed by atoms with E-state index in [4.69, 9.17) is 11.6 Å². The number of amides is 2. The van der Waals surface area contributed by atoms with Gasteiger partial charge in [0.15, 0.2) is 5.78 Å². The summed E-state index contributed by atoms with van der Waals surface area (Å²) in [5.74, 6) is -0.943. The van der Waals surface area contributed by atoms with Crippen LogP contribution in [-0.4, -0.2) is 17.6 Å². The van der Waals surface area contributed by atoms with Crippen molar-refractivity contribution in [1.29, 1.82) is 0 Å². The summed E-state index contributed by atoms with van der Waals surface area (Å²) in [7, 11) is 0. The molecule has 126 valence electrons. The second-order valence-corrected chi connectivity index (χ2v) is 7.16. The van der Waals surface area contributed by atoms with Gasteiger partial charge in [-0.2, -0.15) is 0 Å². The number of Topliss-reactive ketones (excluding diaryl/α,β-unsaturated/α-hetero) is 1. The first kappa shape index (κ1) is 18.2. The molecule has 1 aromatic carbocycles. The summed E-state index contributed by atoms with van der Waals surface area (Å²) in [5.41, 5.74) is 5.65. The van der Waals surface area contributed by atoms with Gasteiger partial charge in [-0.1, -0.05) is 11.6 Å². The highest BCUT2D eigenvalue weighted by Crippen LogP contribution is 2.22. The maximum Gasteiger partial charge on any atom is 0.269 e. The van der Waals surface area contributed by atoms with Gasteiger partial charge in [0.25, 0.3) is 5.91 Å². The molecular formula is C17H17ClN2O3S. The Morgan fingerprint density at radius 2 is 1.71 bits per heavy atom. The molecule has 0 unspecified atom stereocenters. The zero-order valence-electron chi connectivity index (χ0n) is 13.3. The van der Waals surface area contributed by atoms with Crippen molar-refractivity contribution in [3.05, 3.63) is 56.2 Å². The summed E-state index contributed by atoms with van der Waals surface area (Å²) in [4.78, 5) is 37.7. The van der Waals surface area contributed by atoms with Gasteiger partial charge in [-0.15, -0.1) is 11.3 Å². The van der Waals surface area contributed by atoms with Crippen molar-refractivity contribution in [3.63, 3.8) is 0 Å². The lowest BCUT2D eigenvalue weighted by atomic mass is 10.1. The van der Waals surface area contributed by atoms with E-state index in [-0.39, 0.29) is 18.6 Å². The van der Waals surface area contributed by atoms with Crippen LogP contribution in [0.1, 0.15) is 43.3 Å². The van der Waals surface area contributed by atoms with Crippen molar-refractivity contribution in [2.75, 3.05) is 0 Å². The molecule has 0 radical (unpaired) electrons. The molecule has 0 aliphatic carbocycles. The standard InChI is InChI=1S/C17H17ClN2O3S/c1-10-9-14(11(2)24-10)15(21)7-8-16(22)19-20-17(23)12-3-5-13(18)6-4-12/h3-6,9H,7-8H2,1-2H3,(H,19,22)(H,20,23). The SMILES string of the molecule is Cc1cc(C(=O)CCC(=O)NNC(=O)c2ccc(Cl)cc2)c(C)s1. The second-order valence-electron chi connectivity index (χ2n) is 5.26. The zero-order chi connectivity index (χ0) is 17.7. The zero-order valence-corrected chi connectivity index (χ0v) is 14.9. The first-order valence-corrected chi connectivity index (χ1v) is 8.51. The van der Waals surface area contributed by atoms with Crippen LogP contribution in [0.4, 0.5) is 0 Å². The summed E-state index contributed by atoms with van der Waals surface area (Å²) in [6, 6.07) is 8.11. The molecule has 0 saturated carbocycles. The number of hydrogen-bond donors (Lipinski definition) is 2. The maximum atomic E-state index is 12.1. The van der Waals surface area contributed by atoms with Gasteiger partial charge in [-0.3, -0.25) is 25.2 Å². The monoisotopic (exact) mass is 364 g/mol. The molecule has 0 saturated heterocycles. The average molecular weight is 365 g/mol. The largest absolute Gasteiger partial charge is 0.294 e. The summed E-state index contributed by atoms with van der Waals surface area (Å²) in [5, 5.41) is 0.521. The van der Waals surface area contributed by atoms with Crippen LogP contribution in [0.2, 0.25) is 5.02 Å². The molecule has 0 atom stereocenters. The Labute approximate surface area is 149 Å². The number of rotatable bonds is 5. The fourth-order valence-electron chi connectivity index (χ4n) is 2.13. The molecule has 0 aliphatic heterocycles. The number of halogens is 1. The number of benzene rings is 1. The molecule has 2 N–H and O–H groups in total. The van der Waals surface area contributed by atoms with E-state index in [1.54, 1.807) is 35.6 Å². The summed E-state index contributed by atoms with van der Waals surface area (Å²) in [6.07, 6.45) is 0.105. The van der Waals surface area contributed by atoms with Crippen molar-refractivity contribution in [3.8, 4) is 0 Å². The Morgan fingerprint density at radius 1 is 1.04 bits per heavy atom. The number of aryl methyl sites for hydroxylation is 2. The molecular weight excluding hydrogens is 348 g/mol. The molecule has 1 heterocycles. The highest BCUT2D eigenvalue weighted by atomic mass is 35.5. The Bertz CT molecular complexity index is 769. The van der Waals surface area contributed by atoms with Crippen LogP contribution in [0.15, 0.2) is 30.3 Å². The minimum absolute atomic E-state index is 0.00800. The Hall–Kier alpha value is -2.18. The predicted molar refractivity (Wildman–Crippen MR) is 94.4 cm³/mol. The summed E-state index contributed by atoms with van der Waals surface area (Å²) >= 11 is 7.30. The van der Waals surface area contributed by atoms with E-state index in [9.17, 15) is 14.4 Å². The number of carbonyl (C=O) groups excluding carboxylic acids is 3. The first-order valence-electron chi connectivity index (χ1n) is 7.32. The van der Waals surface area contributed by atoms with Crippen LogP contribution in [-0.2, 0) is 4.79 Å². The van der Waals surface area contributed by atoms with Crippen molar-refractivity contribution in [1.82, 2.24) is 10.9 Å². The van der Waals surface area contributed by atoms with E-state index in [1.807, 2.05) is 19.9 Å². The van der Waals surface area contributed by atoms with Gasteiger partial charge < -0.3 is 0 Å². The van der Waals surface area contributed by atoms with E-state index < -0.39 is 11.8 Å². The van der Waals surface area contributed by atoms with Gasteiger partial charge in [-0.25, -0.2) is 0 Å². The Kier molecular flexibility index (Phi) is 6.11. The lowest BCUT2D eigenvalue weighted by molar-refractivity contribution is -0.121. The molecule has 2 rings (SSSR count). The second kappa shape index (κ2) is 8.08. The van der Waals surface area contributed by atoms with Gasteiger partial charge in [0.2, 0.25) is 5.91 Å². The van der Waals surface area contributed by atoms with Crippen LogP contribution < -0.4 is 10.9 Å². The topological polar surface area (TPSA) is 75.3 Å². The lowest BCUT2D eigenvalue weighted by Crippen LogP contribution is -2.41. The number of ketones is 1. The Morgan fingerprint density at radius 3 is 2.29 bits per heavy atom. The quantitative estimate of drug-likeness (QED) is 0.630. The van der Waals surface area contributed by atoms with Crippen LogP contribution in [0.25, 0.3) is 0 Å². The fraction of sp³-hybridized carbons (Fsp3) is 0.235. The predicted octanol–water partition coefficient (Wildman–Crippen LogP) is 3.44. The minimum atomic E-state index is -0.448. The maximum absolute atomic E-state index is 12.1. The fourth-order valence-corrected chi connectivity index (χ4v) is 3.20. The molecule has 0 fully saturated rings. The van der Waals surface area contributed by atoms with E-state index >= 15 is 0 Å². The third kappa shape index (κ3) is 4.91.